The van der Waals surface area contributed by atoms with Crippen LogP contribution in [0.25, 0.3) is 0 Å². The Bertz CT molecular complexity index is 3070. The predicted octanol–water partition coefficient (Wildman–Crippen LogP) is 7.17. The summed E-state index contributed by atoms with van der Waals surface area (Å²) in [6, 6.07) is -14.4. The fraction of sp³-hybridized carbons (Fsp3) is 0.850. The van der Waals surface area contributed by atoms with Crippen molar-refractivity contribution in [1.82, 2.24) is 60.5 Å². The smallest absolute Gasteiger partial charge is 0.391 e. The van der Waals surface area contributed by atoms with Gasteiger partial charge in [-0.05, 0) is 160 Å². The summed E-state index contributed by atoms with van der Waals surface area (Å²) >= 11 is 6.81. The van der Waals surface area contributed by atoms with Gasteiger partial charge in [0.05, 0.1) is 24.7 Å². The molecular formula is C80H138ClF3N12O15. The van der Waals surface area contributed by atoms with Crippen LogP contribution in [0.1, 0.15) is 237 Å². The number of aliphatic hydroxyl groups is 2. The molecule has 0 radical (unpaired) electrons. The van der Waals surface area contributed by atoms with E-state index >= 15 is 43.2 Å². The number of halogens is 4. The third kappa shape index (κ3) is 30.4. The van der Waals surface area contributed by atoms with Crippen molar-refractivity contribution in [2.45, 2.75) is 327 Å². The van der Waals surface area contributed by atoms with Crippen molar-refractivity contribution >= 4 is 82.5 Å². The quantitative estimate of drug-likeness (QED) is 0.0658. The molecule has 2 saturated carbocycles. The van der Waals surface area contributed by atoms with Crippen LogP contribution < -0.4 is 21.3 Å². The highest BCUT2D eigenvalue weighted by atomic mass is 35.5. The van der Waals surface area contributed by atoms with E-state index in [0.29, 0.717) is 64.5 Å². The molecule has 4 fully saturated rings. The molecule has 0 aromatic carbocycles. The third-order valence-corrected chi connectivity index (χ3v) is 22.7. The minimum atomic E-state index is -5.03. The number of piperidine rings is 1. The fourth-order valence-electron chi connectivity index (χ4n) is 15.5. The van der Waals surface area contributed by atoms with Crippen LogP contribution in [0, 0.1) is 35.5 Å². The molecule has 6 N–H and O–H groups in total. The average Bonchev–Trinajstić information content (AvgIpc) is 0.810. The molecule has 636 valence electrons. The molecule has 0 aromatic heterocycles. The Kier molecular flexibility index (Phi) is 39.3. The lowest BCUT2D eigenvalue weighted by Gasteiger charge is -2.40. The Labute approximate surface area is 663 Å². The number of aliphatic hydroxyl groups excluding tert-OH is 2. The number of hydrogen-bond donors (Lipinski definition) is 6. The molecule has 2 saturated heterocycles. The normalized spacial score (nSPS) is 27.8. The molecule has 3 unspecified atom stereocenters. The maximum atomic E-state index is 16.0. The number of likely N-dealkylation sites (tertiary alicyclic amines) is 1. The lowest BCUT2D eigenvalue weighted by molar-refractivity contribution is -0.205. The molecule has 31 heteroatoms. The average molecular weight is 1600 g/mol. The molecule has 2 heterocycles. The first-order chi connectivity index (χ1) is 51.7. The van der Waals surface area contributed by atoms with Gasteiger partial charge in [-0.3, -0.25) is 57.5 Å². The van der Waals surface area contributed by atoms with E-state index in [2.05, 4.69) is 21.3 Å². The van der Waals surface area contributed by atoms with Gasteiger partial charge in [-0.2, -0.15) is 13.2 Å². The Morgan fingerprint density at radius 1 is 0.495 bits per heavy atom. The standard InChI is InChI=1S/C80H138ClF3N12O15/c1-48(2)39-59-69(101)85-56(33-27-34-65(98)80(82,83)84)73(105)94(18)64(45-54-31-26-32-55(81)43-54)77(109)93(17)62(44-53-29-22-20-23-30-53)71(103)87-58(47-111-79(10,11)12)74(106)91(15)61(41-50(5)6)72(104)88-68(52(9)97)78(110)95(19)63(42-51(7)8)76(108)92(16)60(40-49(3)4)70(102)86-57(75(107)96-37-24-21-25-38-96)46-67(100)89(13)36-28-35-66(99)90(59)14/h48-65,68,97-98H,20-47H2,1-19H3,(H,85,101)(H,86,102)(H,87,103)(H,88,104)/t52-,54?,55?,56+,57+,58+,59+,60+,61+,62+,63+,64+,65?,68+/m1/s1. The maximum Gasteiger partial charge on any atom is 0.414 e. The fourth-order valence-corrected chi connectivity index (χ4v) is 15.9. The van der Waals surface area contributed by atoms with E-state index in [1.807, 2.05) is 27.7 Å². The van der Waals surface area contributed by atoms with Crippen molar-refractivity contribution < 1.29 is 85.7 Å². The zero-order valence-electron chi connectivity index (χ0n) is 70.1. The van der Waals surface area contributed by atoms with Crippen molar-refractivity contribution in [2.75, 3.05) is 75.6 Å². The molecule has 14 atom stereocenters. The van der Waals surface area contributed by atoms with Crippen LogP contribution in [0.4, 0.5) is 13.2 Å². The summed E-state index contributed by atoms with van der Waals surface area (Å²) in [6.07, 6.45) is -3.17. The van der Waals surface area contributed by atoms with E-state index in [1.54, 1.807) is 53.4 Å². The number of nitrogens with one attached hydrogen (secondary N) is 4. The number of likely N-dealkylation sites (N-methyl/N-ethyl adjacent to an activating group) is 6. The van der Waals surface area contributed by atoms with Gasteiger partial charge in [0.2, 0.25) is 70.9 Å². The third-order valence-electron chi connectivity index (χ3n) is 22.3. The summed E-state index contributed by atoms with van der Waals surface area (Å²) in [7, 11) is 9.74. The minimum Gasteiger partial charge on any atom is -0.391 e. The molecule has 111 heavy (non-hydrogen) atoms. The summed E-state index contributed by atoms with van der Waals surface area (Å²) < 4.78 is 48.1. The van der Waals surface area contributed by atoms with E-state index in [-0.39, 0.29) is 98.8 Å². The molecular weight excluding hydrogens is 1460 g/mol. The van der Waals surface area contributed by atoms with Crippen LogP contribution in [0.15, 0.2) is 0 Å². The van der Waals surface area contributed by atoms with Gasteiger partial charge in [0.1, 0.15) is 66.5 Å². The zero-order valence-corrected chi connectivity index (χ0v) is 70.8. The van der Waals surface area contributed by atoms with Crippen molar-refractivity contribution in [2.24, 2.45) is 35.5 Å². The summed E-state index contributed by atoms with van der Waals surface area (Å²) in [5, 5.41) is 32.7. The van der Waals surface area contributed by atoms with Gasteiger partial charge < -0.3 is 75.4 Å². The first-order valence-corrected chi connectivity index (χ1v) is 41.1. The van der Waals surface area contributed by atoms with Crippen LogP contribution in [0.3, 0.4) is 0 Å². The highest BCUT2D eigenvalue weighted by molar-refractivity contribution is 6.20. The lowest BCUT2D eigenvalue weighted by atomic mass is 9.83. The Balaban J connectivity index is 2.01. The number of ether oxygens (including phenoxy) is 1. The van der Waals surface area contributed by atoms with E-state index in [9.17, 15) is 37.8 Å². The van der Waals surface area contributed by atoms with Crippen molar-refractivity contribution in [3.05, 3.63) is 0 Å². The molecule has 2 aliphatic carbocycles. The second-order valence-electron chi connectivity index (χ2n) is 34.8. The molecule has 0 spiro atoms. The van der Waals surface area contributed by atoms with E-state index in [4.69, 9.17) is 16.3 Å². The SMILES string of the molecule is CC(C)C[C@H]1C(=O)N[C@@H](CCCC(O)C(F)(F)F)C(=O)N(C)[C@@H](CC2CCCC(Cl)C2)C(=O)N(C)[C@@H](CC2CCCCC2)C(=O)N[C@@H](COC(C)(C)C)C(=O)N(C)[C@@H](CC(C)C)C(=O)N[C@@H]([C@@H](C)O)C(=O)N(C)[C@@H](CC(C)C)C(=O)N(C)[C@@H](CC(C)C)C(=O)N[C@H](C(=O)N2CCCCC2)CC(=O)N(C)CCCC(=O)N1C. The number of amides is 12. The van der Waals surface area contributed by atoms with Crippen LogP contribution in [0.2, 0.25) is 0 Å². The minimum absolute atomic E-state index is 0.00296. The number of carbonyl (C=O) groups is 12. The number of carbonyl (C=O) groups excluding carboxylic acids is 12. The van der Waals surface area contributed by atoms with Gasteiger partial charge >= 0.3 is 6.18 Å². The van der Waals surface area contributed by atoms with Gasteiger partial charge in [0.15, 0.2) is 0 Å². The second kappa shape index (κ2) is 45.0. The number of rotatable bonds is 20. The Morgan fingerprint density at radius 2 is 0.937 bits per heavy atom. The first kappa shape index (κ1) is 97.0. The molecule has 2 aliphatic heterocycles. The van der Waals surface area contributed by atoms with Crippen molar-refractivity contribution in [1.29, 1.82) is 0 Å². The van der Waals surface area contributed by atoms with Gasteiger partial charge in [-0.15, -0.1) is 11.6 Å². The van der Waals surface area contributed by atoms with Crippen molar-refractivity contribution in [3.63, 3.8) is 0 Å². The largest absolute Gasteiger partial charge is 0.414 e. The van der Waals surface area contributed by atoms with E-state index < -0.39 is 188 Å². The molecule has 0 bridgehead atoms. The first-order valence-electron chi connectivity index (χ1n) is 40.7. The molecule has 27 nitrogen and oxygen atoms in total. The summed E-state index contributed by atoms with van der Waals surface area (Å²) in [5.74, 6) is -10.4. The van der Waals surface area contributed by atoms with Crippen LogP contribution in [0.5, 0.6) is 0 Å². The lowest BCUT2D eigenvalue weighted by Crippen LogP contribution is -2.63. The monoisotopic (exact) mass is 1600 g/mol. The van der Waals surface area contributed by atoms with Gasteiger partial charge in [0.25, 0.3) is 0 Å². The maximum absolute atomic E-state index is 16.0. The molecule has 12 amide bonds. The van der Waals surface area contributed by atoms with E-state index in [1.165, 1.54) is 75.9 Å². The number of nitrogens with zero attached hydrogens (tertiary/aromatic N) is 8. The van der Waals surface area contributed by atoms with Crippen LogP contribution in [-0.2, 0) is 62.3 Å². The summed E-state index contributed by atoms with van der Waals surface area (Å²) in [5.41, 5.74) is -0.919. The summed E-state index contributed by atoms with van der Waals surface area (Å²) in [6.45, 7) is 21.2. The van der Waals surface area contributed by atoms with E-state index in [0.717, 1.165) is 40.4 Å². The Morgan fingerprint density at radius 3 is 1.47 bits per heavy atom. The summed E-state index contributed by atoms with van der Waals surface area (Å²) in [4.78, 5) is 192. The number of hydrogen-bond acceptors (Lipinski definition) is 15. The number of alkyl halides is 4. The highest BCUT2D eigenvalue weighted by Crippen LogP contribution is 2.35. The zero-order chi connectivity index (χ0) is 83.9. The molecule has 4 aliphatic rings. The topological polar surface area (TPSA) is 329 Å². The Hall–Kier alpha value is -6.40. The van der Waals surface area contributed by atoms with Crippen LogP contribution >= 0.6 is 11.6 Å². The van der Waals surface area contributed by atoms with Crippen molar-refractivity contribution in [3.8, 4) is 0 Å². The van der Waals surface area contributed by atoms with Crippen LogP contribution in [-0.4, -0.2) is 286 Å². The molecule has 4 rings (SSSR count). The highest BCUT2D eigenvalue weighted by Gasteiger charge is 2.46. The van der Waals surface area contributed by atoms with Gasteiger partial charge in [-0.1, -0.05) is 100 Å². The predicted molar refractivity (Wildman–Crippen MR) is 418 cm³/mol. The van der Waals surface area contributed by atoms with Gasteiger partial charge in [-0.25, -0.2) is 0 Å². The van der Waals surface area contributed by atoms with Gasteiger partial charge in [0, 0.05) is 80.8 Å². The second-order valence-corrected chi connectivity index (χ2v) is 35.4. The molecule has 0 aromatic rings.